The second-order valence-electron chi connectivity index (χ2n) is 8.11. The first kappa shape index (κ1) is 25.7. The minimum absolute atomic E-state index is 0.113. The summed E-state index contributed by atoms with van der Waals surface area (Å²) in [6, 6.07) is 11.3. The second-order valence-corrected chi connectivity index (χ2v) is 8.11. The molecule has 0 unspecified atom stereocenters. The number of anilines is 1. The topological polar surface area (TPSA) is 104 Å². The van der Waals surface area contributed by atoms with Crippen molar-refractivity contribution >= 4 is 29.3 Å². The van der Waals surface area contributed by atoms with E-state index in [0.29, 0.717) is 25.8 Å². The van der Waals surface area contributed by atoms with Gasteiger partial charge in [0.05, 0.1) is 17.7 Å². The van der Waals surface area contributed by atoms with Crippen LogP contribution in [0.2, 0.25) is 0 Å². The standard InChI is InChI=1S/C27H30N2O6/c1-3-28(4-2)19-12-13-22(23(30)18-19)26(33)20-10-6-7-11-21(20)27(34)35-17-9-5-8-16-29-24(31)14-15-25(29)32/h6-7,10-15,18,30H,3-5,8-9,16-17H2,1-2H3. The number of hydrogen-bond donors (Lipinski definition) is 1. The van der Waals surface area contributed by atoms with E-state index in [4.69, 9.17) is 4.74 Å². The molecule has 2 aromatic carbocycles. The highest BCUT2D eigenvalue weighted by atomic mass is 16.5. The predicted octanol–water partition coefficient (Wildman–Crippen LogP) is 3.72. The Morgan fingerprint density at radius 1 is 0.886 bits per heavy atom. The molecule has 2 amide bonds. The lowest BCUT2D eigenvalue weighted by Crippen LogP contribution is -2.30. The Kier molecular flexibility index (Phi) is 8.78. The van der Waals surface area contributed by atoms with Crippen LogP contribution in [0.25, 0.3) is 0 Å². The van der Waals surface area contributed by atoms with E-state index in [1.807, 2.05) is 13.8 Å². The minimum Gasteiger partial charge on any atom is -0.507 e. The lowest BCUT2D eigenvalue weighted by atomic mass is 9.97. The smallest absolute Gasteiger partial charge is 0.338 e. The number of benzene rings is 2. The zero-order valence-corrected chi connectivity index (χ0v) is 20.0. The number of ketones is 1. The first-order chi connectivity index (χ1) is 16.9. The Hall–Kier alpha value is -3.94. The number of unbranched alkanes of at least 4 members (excludes halogenated alkanes) is 2. The van der Waals surface area contributed by atoms with Crippen LogP contribution in [0, 0.1) is 0 Å². The molecule has 0 radical (unpaired) electrons. The highest BCUT2D eigenvalue weighted by Gasteiger charge is 2.23. The summed E-state index contributed by atoms with van der Waals surface area (Å²) >= 11 is 0. The molecule has 0 aliphatic carbocycles. The van der Waals surface area contributed by atoms with Gasteiger partial charge in [-0.2, -0.15) is 0 Å². The molecule has 1 heterocycles. The zero-order valence-electron chi connectivity index (χ0n) is 20.0. The van der Waals surface area contributed by atoms with Gasteiger partial charge in [0, 0.05) is 49.1 Å². The van der Waals surface area contributed by atoms with Crippen molar-refractivity contribution in [2.24, 2.45) is 0 Å². The number of carbonyl (C=O) groups is 4. The van der Waals surface area contributed by atoms with Gasteiger partial charge in [0.1, 0.15) is 5.75 Å². The van der Waals surface area contributed by atoms with Gasteiger partial charge >= 0.3 is 5.97 Å². The van der Waals surface area contributed by atoms with Crippen LogP contribution in [0.15, 0.2) is 54.6 Å². The summed E-state index contributed by atoms with van der Waals surface area (Å²) in [4.78, 5) is 52.2. The average Bonchev–Trinajstić information content (AvgIpc) is 3.18. The molecule has 1 N–H and O–H groups in total. The third kappa shape index (κ3) is 6.15. The van der Waals surface area contributed by atoms with E-state index in [0.717, 1.165) is 18.8 Å². The molecule has 184 valence electrons. The van der Waals surface area contributed by atoms with Gasteiger partial charge in [-0.1, -0.05) is 18.2 Å². The summed E-state index contributed by atoms with van der Waals surface area (Å²) in [6.07, 6.45) is 4.33. The molecule has 0 aromatic heterocycles. The van der Waals surface area contributed by atoms with Crippen LogP contribution < -0.4 is 4.90 Å². The molecule has 2 aromatic rings. The predicted molar refractivity (Wildman–Crippen MR) is 132 cm³/mol. The van der Waals surface area contributed by atoms with Gasteiger partial charge < -0.3 is 14.7 Å². The number of imide groups is 1. The molecule has 8 heteroatoms. The van der Waals surface area contributed by atoms with Gasteiger partial charge in [0.2, 0.25) is 0 Å². The molecule has 1 aliphatic heterocycles. The van der Waals surface area contributed by atoms with E-state index in [-0.39, 0.29) is 40.9 Å². The van der Waals surface area contributed by atoms with Crippen molar-refractivity contribution in [2.45, 2.75) is 33.1 Å². The largest absolute Gasteiger partial charge is 0.507 e. The Morgan fingerprint density at radius 3 is 2.17 bits per heavy atom. The third-order valence-corrected chi connectivity index (χ3v) is 5.91. The van der Waals surface area contributed by atoms with Crippen molar-refractivity contribution in [1.29, 1.82) is 0 Å². The first-order valence-electron chi connectivity index (χ1n) is 11.8. The summed E-state index contributed by atoms with van der Waals surface area (Å²) in [7, 11) is 0. The Labute approximate surface area is 204 Å². The molecule has 35 heavy (non-hydrogen) atoms. The van der Waals surface area contributed by atoms with Crippen LogP contribution in [0.1, 0.15) is 59.4 Å². The van der Waals surface area contributed by atoms with E-state index in [1.54, 1.807) is 30.3 Å². The molecule has 0 saturated heterocycles. The molecular formula is C27H30N2O6. The van der Waals surface area contributed by atoms with E-state index >= 15 is 0 Å². The van der Waals surface area contributed by atoms with E-state index in [2.05, 4.69) is 4.90 Å². The van der Waals surface area contributed by atoms with Crippen molar-refractivity contribution in [3.63, 3.8) is 0 Å². The van der Waals surface area contributed by atoms with Gasteiger partial charge in [0.15, 0.2) is 5.78 Å². The highest BCUT2D eigenvalue weighted by Crippen LogP contribution is 2.28. The maximum absolute atomic E-state index is 13.2. The summed E-state index contributed by atoms with van der Waals surface area (Å²) in [5.74, 6) is -1.85. The first-order valence-corrected chi connectivity index (χ1v) is 11.8. The fourth-order valence-corrected chi connectivity index (χ4v) is 3.94. The SMILES string of the molecule is CCN(CC)c1ccc(C(=O)c2ccccc2C(=O)OCCCCCN2C(=O)C=CC2=O)c(O)c1. The molecule has 0 atom stereocenters. The fraction of sp³-hybridized carbons (Fsp3) is 0.333. The molecule has 1 aliphatic rings. The van der Waals surface area contributed by atoms with Crippen LogP contribution in [0.3, 0.4) is 0 Å². The monoisotopic (exact) mass is 478 g/mol. The molecule has 0 fully saturated rings. The van der Waals surface area contributed by atoms with Crippen LogP contribution in [0.5, 0.6) is 5.75 Å². The van der Waals surface area contributed by atoms with Gasteiger partial charge in [-0.05, 0) is 51.3 Å². The number of rotatable bonds is 12. The Bertz CT molecular complexity index is 1120. The molecule has 8 nitrogen and oxygen atoms in total. The van der Waals surface area contributed by atoms with Crippen LogP contribution in [0.4, 0.5) is 5.69 Å². The number of ether oxygens (including phenoxy) is 1. The van der Waals surface area contributed by atoms with Gasteiger partial charge in [-0.3, -0.25) is 19.3 Å². The molecule has 0 saturated carbocycles. The number of phenols is 1. The molecule has 0 bridgehead atoms. The normalized spacial score (nSPS) is 12.8. The number of nitrogens with zero attached hydrogens (tertiary/aromatic N) is 2. The van der Waals surface area contributed by atoms with Crippen molar-refractivity contribution in [3.05, 3.63) is 71.3 Å². The Morgan fingerprint density at radius 2 is 1.54 bits per heavy atom. The summed E-state index contributed by atoms with van der Waals surface area (Å²) < 4.78 is 5.36. The molecule has 3 rings (SSSR count). The number of esters is 1. The van der Waals surface area contributed by atoms with E-state index in [1.165, 1.54) is 29.2 Å². The third-order valence-electron chi connectivity index (χ3n) is 5.91. The second kappa shape index (κ2) is 12.0. The molecular weight excluding hydrogens is 448 g/mol. The lowest BCUT2D eigenvalue weighted by Gasteiger charge is -2.21. The quantitative estimate of drug-likeness (QED) is 0.215. The van der Waals surface area contributed by atoms with E-state index < -0.39 is 11.8 Å². The van der Waals surface area contributed by atoms with Gasteiger partial charge in [-0.25, -0.2) is 4.79 Å². The van der Waals surface area contributed by atoms with Crippen LogP contribution in [-0.2, 0) is 14.3 Å². The van der Waals surface area contributed by atoms with Gasteiger partial charge in [0.25, 0.3) is 11.8 Å². The summed E-state index contributed by atoms with van der Waals surface area (Å²) in [5.41, 5.74) is 1.21. The van der Waals surface area contributed by atoms with Crippen molar-refractivity contribution in [2.75, 3.05) is 31.1 Å². The van der Waals surface area contributed by atoms with Crippen molar-refractivity contribution in [1.82, 2.24) is 4.90 Å². The van der Waals surface area contributed by atoms with E-state index in [9.17, 15) is 24.3 Å². The minimum atomic E-state index is -0.623. The number of aromatic hydroxyl groups is 1. The number of amides is 2. The van der Waals surface area contributed by atoms with Crippen LogP contribution >= 0.6 is 0 Å². The maximum atomic E-state index is 13.2. The average molecular weight is 479 g/mol. The lowest BCUT2D eigenvalue weighted by molar-refractivity contribution is -0.136. The van der Waals surface area contributed by atoms with Gasteiger partial charge in [-0.15, -0.1) is 0 Å². The number of carbonyl (C=O) groups excluding carboxylic acids is 4. The summed E-state index contributed by atoms with van der Waals surface area (Å²) in [6.45, 7) is 6.02. The Balaban J connectivity index is 1.58. The zero-order chi connectivity index (χ0) is 25.4. The maximum Gasteiger partial charge on any atom is 0.338 e. The summed E-state index contributed by atoms with van der Waals surface area (Å²) in [5, 5.41) is 10.5. The van der Waals surface area contributed by atoms with Crippen molar-refractivity contribution in [3.8, 4) is 5.75 Å². The fourth-order valence-electron chi connectivity index (χ4n) is 3.94. The number of phenolic OH excluding ortho intramolecular Hbond substituents is 1. The molecule has 0 spiro atoms. The van der Waals surface area contributed by atoms with Crippen molar-refractivity contribution < 1.29 is 29.0 Å². The highest BCUT2D eigenvalue weighted by molar-refractivity contribution is 6.16. The van der Waals surface area contributed by atoms with Crippen LogP contribution in [-0.4, -0.2) is 59.8 Å². The number of hydrogen-bond acceptors (Lipinski definition) is 7.